The van der Waals surface area contributed by atoms with E-state index in [1.165, 1.54) is 4.90 Å². The minimum atomic E-state index is -0.871. The number of nitrogens with zero attached hydrogens (tertiary/aromatic N) is 2. The van der Waals surface area contributed by atoms with Crippen LogP contribution in [-0.2, 0) is 4.79 Å². The van der Waals surface area contributed by atoms with Gasteiger partial charge in [-0.05, 0) is 29.3 Å². The molecule has 0 aliphatic heterocycles. The minimum absolute atomic E-state index is 0.0384. The zero-order valence-corrected chi connectivity index (χ0v) is 11.2. The van der Waals surface area contributed by atoms with Crippen molar-refractivity contribution < 1.29 is 19.2 Å². The first-order chi connectivity index (χ1) is 7.93. The number of carbonyl (C=O) groups is 2. The van der Waals surface area contributed by atoms with Crippen LogP contribution in [0, 0.1) is 6.92 Å². The number of rotatable bonds is 5. The highest BCUT2D eigenvalue weighted by molar-refractivity contribution is 9.10. The van der Waals surface area contributed by atoms with Crippen molar-refractivity contribution in [2.45, 2.75) is 19.8 Å². The third-order valence-corrected chi connectivity index (χ3v) is 3.03. The Bertz CT molecular complexity index is 430. The van der Waals surface area contributed by atoms with Gasteiger partial charge in [-0.1, -0.05) is 5.16 Å². The number of carboxylic acids is 1. The van der Waals surface area contributed by atoms with E-state index in [1.54, 1.807) is 14.0 Å². The molecule has 0 bridgehead atoms. The normalized spacial score (nSPS) is 10.3. The molecule has 1 aromatic rings. The zero-order chi connectivity index (χ0) is 13.0. The second-order valence-corrected chi connectivity index (χ2v) is 4.40. The van der Waals surface area contributed by atoms with Crippen LogP contribution >= 0.6 is 15.9 Å². The number of amides is 1. The van der Waals surface area contributed by atoms with Gasteiger partial charge in [0.1, 0.15) is 0 Å². The molecular weight excluding hydrogens is 292 g/mol. The molecule has 6 nitrogen and oxygen atoms in total. The Kier molecular flexibility index (Phi) is 4.68. The molecule has 0 spiro atoms. The predicted molar refractivity (Wildman–Crippen MR) is 62.8 cm³/mol. The third-order valence-electron chi connectivity index (χ3n) is 2.29. The van der Waals surface area contributed by atoms with Gasteiger partial charge in [0.25, 0.3) is 5.91 Å². The van der Waals surface area contributed by atoms with Gasteiger partial charge in [0.05, 0.1) is 0 Å². The molecule has 0 saturated carbocycles. The standard InChI is InChI=1S/C10H13BrN2O4/c1-6-8(17-12-9(6)11)10(16)13(2)5-3-4-7(14)15/h3-5H2,1-2H3,(H,14,15). The lowest BCUT2D eigenvalue weighted by atomic mass is 10.2. The van der Waals surface area contributed by atoms with Gasteiger partial charge >= 0.3 is 5.97 Å². The van der Waals surface area contributed by atoms with E-state index in [1.807, 2.05) is 0 Å². The van der Waals surface area contributed by atoms with E-state index in [0.29, 0.717) is 23.1 Å². The van der Waals surface area contributed by atoms with Crippen LogP contribution in [0.4, 0.5) is 0 Å². The van der Waals surface area contributed by atoms with Crippen LogP contribution in [-0.4, -0.2) is 40.6 Å². The van der Waals surface area contributed by atoms with Crippen molar-refractivity contribution in [1.29, 1.82) is 0 Å². The molecule has 0 atom stereocenters. The van der Waals surface area contributed by atoms with Crippen molar-refractivity contribution in [3.05, 3.63) is 15.9 Å². The van der Waals surface area contributed by atoms with Crippen LogP contribution in [0.15, 0.2) is 9.13 Å². The number of aliphatic carboxylic acids is 1. The molecular formula is C10H13BrN2O4. The van der Waals surface area contributed by atoms with Crippen molar-refractivity contribution in [3.8, 4) is 0 Å². The van der Waals surface area contributed by atoms with Gasteiger partial charge < -0.3 is 14.5 Å². The number of halogens is 1. The van der Waals surface area contributed by atoms with E-state index < -0.39 is 5.97 Å². The van der Waals surface area contributed by atoms with Crippen LogP contribution in [0.1, 0.15) is 29.0 Å². The summed E-state index contributed by atoms with van der Waals surface area (Å²) in [7, 11) is 1.60. The van der Waals surface area contributed by atoms with Gasteiger partial charge in [-0.3, -0.25) is 9.59 Å². The van der Waals surface area contributed by atoms with Gasteiger partial charge in [-0.2, -0.15) is 0 Å². The van der Waals surface area contributed by atoms with Gasteiger partial charge in [-0.15, -0.1) is 0 Å². The number of hydrogen-bond donors (Lipinski definition) is 1. The Morgan fingerprint density at radius 3 is 2.65 bits per heavy atom. The Morgan fingerprint density at radius 2 is 2.18 bits per heavy atom. The smallest absolute Gasteiger partial charge is 0.303 e. The topological polar surface area (TPSA) is 83.6 Å². The van der Waals surface area contributed by atoms with Crippen LogP contribution in [0.3, 0.4) is 0 Å². The average molecular weight is 305 g/mol. The van der Waals surface area contributed by atoms with E-state index >= 15 is 0 Å². The summed E-state index contributed by atoms with van der Waals surface area (Å²) >= 11 is 3.15. The fraction of sp³-hybridized carbons (Fsp3) is 0.500. The maximum Gasteiger partial charge on any atom is 0.303 e. The van der Waals surface area contributed by atoms with Crippen molar-refractivity contribution in [1.82, 2.24) is 10.1 Å². The minimum Gasteiger partial charge on any atom is -0.481 e. The summed E-state index contributed by atoms with van der Waals surface area (Å²) in [5.74, 6) is -0.995. The number of aromatic nitrogens is 1. The predicted octanol–water partition coefficient (Wildman–Crippen LogP) is 1.68. The van der Waals surface area contributed by atoms with Crippen LogP contribution in [0.2, 0.25) is 0 Å². The summed E-state index contributed by atoms with van der Waals surface area (Å²) in [6.45, 7) is 2.09. The molecule has 17 heavy (non-hydrogen) atoms. The summed E-state index contributed by atoms with van der Waals surface area (Å²) in [5.41, 5.74) is 0.639. The van der Waals surface area contributed by atoms with Gasteiger partial charge in [0.15, 0.2) is 4.60 Å². The maximum atomic E-state index is 11.9. The quantitative estimate of drug-likeness (QED) is 0.895. The van der Waals surface area contributed by atoms with Crippen molar-refractivity contribution in [2.75, 3.05) is 13.6 Å². The SMILES string of the molecule is Cc1c(Br)noc1C(=O)N(C)CCCC(=O)O. The summed E-state index contributed by atoms with van der Waals surface area (Å²) in [6.07, 6.45) is 0.447. The van der Waals surface area contributed by atoms with Crippen LogP contribution in [0.5, 0.6) is 0 Å². The molecule has 0 saturated heterocycles. The molecule has 1 rings (SSSR count). The number of hydrogen-bond acceptors (Lipinski definition) is 4. The molecule has 0 aliphatic rings. The fourth-order valence-electron chi connectivity index (χ4n) is 1.26. The Hall–Kier alpha value is -1.37. The molecule has 1 amide bonds. The first-order valence-corrected chi connectivity index (χ1v) is 5.81. The van der Waals surface area contributed by atoms with Crippen molar-refractivity contribution in [3.63, 3.8) is 0 Å². The highest BCUT2D eigenvalue weighted by Crippen LogP contribution is 2.19. The lowest BCUT2D eigenvalue weighted by Gasteiger charge is -2.14. The summed E-state index contributed by atoms with van der Waals surface area (Å²) in [6, 6.07) is 0. The van der Waals surface area contributed by atoms with E-state index in [-0.39, 0.29) is 18.1 Å². The molecule has 1 aromatic heterocycles. The molecule has 0 radical (unpaired) electrons. The molecule has 0 unspecified atom stereocenters. The first-order valence-electron chi connectivity index (χ1n) is 5.02. The molecule has 94 valence electrons. The van der Waals surface area contributed by atoms with Crippen LogP contribution < -0.4 is 0 Å². The molecule has 0 aliphatic carbocycles. The Morgan fingerprint density at radius 1 is 1.53 bits per heavy atom. The molecule has 0 fully saturated rings. The zero-order valence-electron chi connectivity index (χ0n) is 9.57. The molecule has 0 aromatic carbocycles. The Labute approximate surface area is 107 Å². The summed E-state index contributed by atoms with van der Waals surface area (Å²) in [5, 5.41) is 12.1. The number of carboxylic acid groups (broad SMARTS) is 1. The lowest BCUT2D eigenvalue weighted by Crippen LogP contribution is -2.28. The van der Waals surface area contributed by atoms with E-state index in [2.05, 4.69) is 21.1 Å². The van der Waals surface area contributed by atoms with Gasteiger partial charge in [-0.25, -0.2) is 0 Å². The average Bonchev–Trinajstić information content (AvgIpc) is 2.58. The maximum absolute atomic E-state index is 11.9. The molecule has 1 heterocycles. The highest BCUT2D eigenvalue weighted by atomic mass is 79.9. The van der Waals surface area contributed by atoms with Crippen molar-refractivity contribution in [2.24, 2.45) is 0 Å². The van der Waals surface area contributed by atoms with E-state index in [9.17, 15) is 9.59 Å². The second-order valence-electron chi connectivity index (χ2n) is 3.65. The highest BCUT2D eigenvalue weighted by Gasteiger charge is 2.21. The van der Waals surface area contributed by atoms with E-state index in [4.69, 9.17) is 9.63 Å². The number of carbonyl (C=O) groups excluding carboxylic acids is 1. The third kappa shape index (κ3) is 3.55. The molecule has 7 heteroatoms. The first kappa shape index (κ1) is 13.7. The monoisotopic (exact) mass is 304 g/mol. The summed E-state index contributed by atoms with van der Waals surface area (Å²) < 4.78 is 5.40. The summed E-state index contributed by atoms with van der Waals surface area (Å²) in [4.78, 5) is 23.6. The lowest BCUT2D eigenvalue weighted by molar-refractivity contribution is -0.137. The Balaban J connectivity index is 2.58. The van der Waals surface area contributed by atoms with Crippen molar-refractivity contribution >= 4 is 27.8 Å². The van der Waals surface area contributed by atoms with E-state index in [0.717, 1.165) is 0 Å². The van der Waals surface area contributed by atoms with Gasteiger partial charge in [0, 0.05) is 25.6 Å². The largest absolute Gasteiger partial charge is 0.481 e. The fourth-order valence-corrected chi connectivity index (χ4v) is 1.51. The molecule has 1 N–H and O–H groups in total. The van der Waals surface area contributed by atoms with Gasteiger partial charge in [0.2, 0.25) is 5.76 Å². The second kappa shape index (κ2) is 5.81. The van der Waals surface area contributed by atoms with Crippen LogP contribution in [0.25, 0.3) is 0 Å².